The van der Waals surface area contributed by atoms with Crippen LogP contribution >= 0.6 is 27.5 Å². The Balaban J connectivity index is 2.31. The third-order valence-corrected chi connectivity index (χ3v) is 4.26. The van der Waals surface area contributed by atoms with Crippen LogP contribution in [0.5, 0.6) is 5.75 Å². The van der Waals surface area contributed by atoms with E-state index < -0.39 is 11.9 Å². The van der Waals surface area contributed by atoms with Gasteiger partial charge >= 0.3 is 0 Å². The van der Waals surface area contributed by atoms with Crippen molar-refractivity contribution in [1.82, 2.24) is 0 Å². The Morgan fingerprint density at radius 2 is 2.10 bits per heavy atom. The molecule has 1 unspecified atom stereocenters. The van der Waals surface area contributed by atoms with Gasteiger partial charge in [-0.15, -0.1) is 0 Å². The van der Waals surface area contributed by atoms with Gasteiger partial charge in [0.2, 0.25) is 0 Å². The number of hydrogen-bond acceptors (Lipinski definition) is 2. The molecule has 1 atom stereocenters. The van der Waals surface area contributed by atoms with Crippen molar-refractivity contribution in [3.63, 3.8) is 0 Å². The zero-order valence-electron chi connectivity index (χ0n) is 11.4. The molecule has 0 heterocycles. The van der Waals surface area contributed by atoms with E-state index in [-0.39, 0.29) is 10.6 Å². The van der Waals surface area contributed by atoms with E-state index in [9.17, 15) is 9.50 Å². The molecule has 0 amide bonds. The van der Waals surface area contributed by atoms with Crippen LogP contribution in [-0.4, -0.2) is 11.7 Å². The standard InChI is InChI=1S/C16H15BrClFO2/c1-2-8-21-11-5-3-4-10(9-11)16(20)12-6-7-13(17)14(18)15(12)19/h3-7,9,16,20H,2,8H2,1H3. The van der Waals surface area contributed by atoms with Crippen molar-refractivity contribution in [2.75, 3.05) is 6.61 Å². The molecule has 2 nitrogen and oxygen atoms in total. The lowest BCUT2D eigenvalue weighted by Crippen LogP contribution is -2.04. The Kier molecular flexibility index (Phi) is 5.62. The van der Waals surface area contributed by atoms with Gasteiger partial charge in [-0.1, -0.05) is 36.7 Å². The van der Waals surface area contributed by atoms with Gasteiger partial charge in [-0.2, -0.15) is 0 Å². The molecule has 112 valence electrons. The second-order valence-electron chi connectivity index (χ2n) is 4.59. The number of hydrogen-bond donors (Lipinski definition) is 1. The topological polar surface area (TPSA) is 29.5 Å². The van der Waals surface area contributed by atoms with Gasteiger partial charge in [0.1, 0.15) is 17.7 Å². The Morgan fingerprint density at radius 1 is 1.33 bits per heavy atom. The molecule has 0 aliphatic rings. The molecule has 5 heteroatoms. The minimum Gasteiger partial charge on any atom is -0.494 e. The number of aliphatic hydroxyl groups is 1. The minimum absolute atomic E-state index is 0.0371. The molecule has 21 heavy (non-hydrogen) atoms. The molecule has 0 radical (unpaired) electrons. The molecule has 2 aromatic carbocycles. The quantitative estimate of drug-likeness (QED) is 0.738. The first-order chi connectivity index (χ1) is 10.0. The summed E-state index contributed by atoms with van der Waals surface area (Å²) in [6, 6.07) is 10.1. The first-order valence-electron chi connectivity index (χ1n) is 6.58. The highest BCUT2D eigenvalue weighted by molar-refractivity contribution is 9.10. The molecular formula is C16H15BrClFO2. The third kappa shape index (κ3) is 3.76. The van der Waals surface area contributed by atoms with Gasteiger partial charge in [0.15, 0.2) is 0 Å². The summed E-state index contributed by atoms with van der Waals surface area (Å²) in [6.45, 7) is 2.61. The van der Waals surface area contributed by atoms with Gasteiger partial charge in [0.05, 0.1) is 11.6 Å². The molecule has 2 rings (SSSR count). The predicted molar refractivity (Wildman–Crippen MR) is 85.4 cm³/mol. The van der Waals surface area contributed by atoms with Crippen LogP contribution in [-0.2, 0) is 0 Å². The van der Waals surface area contributed by atoms with E-state index in [0.29, 0.717) is 22.4 Å². The largest absolute Gasteiger partial charge is 0.494 e. The molecule has 0 saturated carbocycles. The maximum Gasteiger partial charge on any atom is 0.149 e. The van der Waals surface area contributed by atoms with Crippen molar-refractivity contribution < 1.29 is 14.2 Å². The summed E-state index contributed by atoms with van der Waals surface area (Å²) in [5.74, 6) is 0.0236. The van der Waals surface area contributed by atoms with Gasteiger partial charge in [0.25, 0.3) is 0 Å². The Bertz CT molecular complexity index is 634. The van der Waals surface area contributed by atoms with Gasteiger partial charge < -0.3 is 9.84 Å². The fourth-order valence-corrected chi connectivity index (χ4v) is 2.40. The van der Waals surface area contributed by atoms with Crippen LogP contribution in [0, 0.1) is 5.82 Å². The van der Waals surface area contributed by atoms with E-state index in [1.54, 1.807) is 30.3 Å². The van der Waals surface area contributed by atoms with E-state index in [2.05, 4.69) is 15.9 Å². The van der Waals surface area contributed by atoms with E-state index >= 15 is 0 Å². The lowest BCUT2D eigenvalue weighted by atomic mass is 10.0. The fraction of sp³-hybridized carbons (Fsp3) is 0.250. The Hall–Kier alpha value is -1.10. The molecule has 0 bridgehead atoms. The number of aliphatic hydroxyl groups excluding tert-OH is 1. The highest BCUT2D eigenvalue weighted by Crippen LogP contribution is 2.33. The molecule has 0 fully saturated rings. The highest BCUT2D eigenvalue weighted by Gasteiger charge is 2.19. The highest BCUT2D eigenvalue weighted by atomic mass is 79.9. The number of ether oxygens (including phenoxy) is 1. The van der Waals surface area contributed by atoms with Gasteiger partial charge in [0, 0.05) is 10.0 Å². The monoisotopic (exact) mass is 372 g/mol. The fourth-order valence-electron chi connectivity index (χ4n) is 1.93. The SMILES string of the molecule is CCCOc1cccc(C(O)c2ccc(Br)c(Cl)c2F)c1. The summed E-state index contributed by atoms with van der Waals surface area (Å²) >= 11 is 9.01. The number of halogens is 3. The van der Waals surface area contributed by atoms with Crippen molar-refractivity contribution in [3.05, 3.63) is 62.8 Å². The molecular weight excluding hydrogens is 359 g/mol. The zero-order chi connectivity index (χ0) is 15.4. The van der Waals surface area contributed by atoms with Crippen molar-refractivity contribution >= 4 is 27.5 Å². The summed E-state index contributed by atoms with van der Waals surface area (Å²) in [7, 11) is 0. The summed E-state index contributed by atoms with van der Waals surface area (Å²) in [5.41, 5.74) is 0.691. The van der Waals surface area contributed by atoms with E-state index in [0.717, 1.165) is 6.42 Å². The first kappa shape index (κ1) is 16.3. The summed E-state index contributed by atoms with van der Waals surface area (Å²) < 4.78 is 20.1. The molecule has 1 N–H and O–H groups in total. The average Bonchev–Trinajstić information content (AvgIpc) is 2.50. The van der Waals surface area contributed by atoms with Crippen molar-refractivity contribution in [2.24, 2.45) is 0 Å². The van der Waals surface area contributed by atoms with Crippen LogP contribution in [0.15, 0.2) is 40.9 Å². The lowest BCUT2D eigenvalue weighted by Gasteiger charge is -2.15. The molecule has 0 saturated heterocycles. The number of benzene rings is 2. The van der Waals surface area contributed by atoms with Gasteiger partial charge in [-0.25, -0.2) is 4.39 Å². The second kappa shape index (κ2) is 7.25. The van der Waals surface area contributed by atoms with E-state index in [1.165, 1.54) is 6.07 Å². The normalized spacial score (nSPS) is 12.2. The van der Waals surface area contributed by atoms with Gasteiger partial charge in [-0.3, -0.25) is 0 Å². The zero-order valence-corrected chi connectivity index (χ0v) is 13.8. The van der Waals surface area contributed by atoms with E-state index in [1.807, 2.05) is 6.92 Å². The van der Waals surface area contributed by atoms with Crippen LogP contribution in [0.4, 0.5) is 4.39 Å². The first-order valence-corrected chi connectivity index (χ1v) is 7.76. The Morgan fingerprint density at radius 3 is 2.81 bits per heavy atom. The van der Waals surface area contributed by atoms with Crippen LogP contribution in [0.2, 0.25) is 5.02 Å². The second-order valence-corrected chi connectivity index (χ2v) is 5.82. The molecule has 0 aromatic heterocycles. The molecule has 0 spiro atoms. The molecule has 0 aliphatic heterocycles. The third-order valence-electron chi connectivity index (χ3n) is 3.01. The number of rotatable bonds is 5. The average molecular weight is 374 g/mol. The van der Waals surface area contributed by atoms with Crippen molar-refractivity contribution in [1.29, 1.82) is 0 Å². The predicted octanol–water partition coefficient (Wildman–Crippen LogP) is 5.11. The molecule has 0 aliphatic carbocycles. The lowest BCUT2D eigenvalue weighted by molar-refractivity contribution is 0.214. The van der Waals surface area contributed by atoms with Crippen molar-refractivity contribution in [2.45, 2.75) is 19.4 Å². The van der Waals surface area contributed by atoms with Crippen LogP contribution in [0.1, 0.15) is 30.6 Å². The van der Waals surface area contributed by atoms with E-state index in [4.69, 9.17) is 16.3 Å². The van der Waals surface area contributed by atoms with Gasteiger partial charge in [-0.05, 0) is 46.1 Å². The van der Waals surface area contributed by atoms with Crippen molar-refractivity contribution in [3.8, 4) is 5.75 Å². The molecule has 2 aromatic rings. The Labute approximate surface area is 136 Å². The van der Waals surface area contributed by atoms with Crippen LogP contribution in [0.25, 0.3) is 0 Å². The smallest absolute Gasteiger partial charge is 0.149 e. The maximum atomic E-state index is 14.1. The minimum atomic E-state index is -1.10. The summed E-state index contributed by atoms with van der Waals surface area (Å²) in [6.07, 6.45) is -0.204. The van der Waals surface area contributed by atoms with Crippen LogP contribution in [0.3, 0.4) is 0 Å². The maximum absolute atomic E-state index is 14.1. The summed E-state index contributed by atoms with van der Waals surface area (Å²) in [5, 5.41) is 10.3. The van der Waals surface area contributed by atoms with Crippen LogP contribution < -0.4 is 4.74 Å². The summed E-state index contributed by atoms with van der Waals surface area (Å²) in [4.78, 5) is 0.